The summed E-state index contributed by atoms with van der Waals surface area (Å²) < 4.78 is 0. The third kappa shape index (κ3) is 4.81. The van der Waals surface area contributed by atoms with Crippen molar-refractivity contribution < 1.29 is 9.59 Å². The van der Waals surface area contributed by atoms with E-state index in [1.165, 1.54) is 51.4 Å². The SMILES string of the molecule is CCCCCCC1CCC(CCCCCC)C2C(=O)NC(=O)C12. The topological polar surface area (TPSA) is 46.2 Å². The number of rotatable bonds is 10. The highest BCUT2D eigenvalue weighted by Crippen LogP contribution is 2.45. The molecule has 0 aromatic rings. The molecule has 1 heterocycles. The molecule has 0 bridgehead atoms. The zero-order valence-corrected chi connectivity index (χ0v) is 15.1. The Labute approximate surface area is 142 Å². The summed E-state index contributed by atoms with van der Waals surface area (Å²) in [5, 5.41) is 2.64. The second-order valence-electron chi connectivity index (χ2n) is 7.70. The molecule has 0 aromatic carbocycles. The second kappa shape index (κ2) is 9.44. The van der Waals surface area contributed by atoms with Crippen LogP contribution in [0, 0.1) is 23.7 Å². The minimum absolute atomic E-state index is 0.0194. The summed E-state index contributed by atoms with van der Waals surface area (Å²) >= 11 is 0. The lowest BCUT2D eigenvalue weighted by Gasteiger charge is -2.37. The van der Waals surface area contributed by atoms with E-state index in [4.69, 9.17) is 0 Å². The Morgan fingerprint density at radius 2 is 1.17 bits per heavy atom. The van der Waals surface area contributed by atoms with Crippen LogP contribution < -0.4 is 5.32 Å². The Bertz CT molecular complexity index is 357. The van der Waals surface area contributed by atoms with Crippen LogP contribution in [0.15, 0.2) is 0 Å². The van der Waals surface area contributed by atoms with Gasteiger partial charge < -0.3 is 0 Å². The molecule has 0 aromatic heterocycles. The van der Waals surface area contributed by atoms with Crippen LogP contribution in [0.25, 0.3) is 0 Å². The van der Waals surface area contributed by atoms with E-state index in [2.05, 4.69) is 19.2 Å². The molecule has 132 valence electrons. The highest BCUT2D eigenvalue weighted by molar-refractivity contribution is 6.05. The summed E-state index contributed by atoms with van der Waals surface area (Å²) in [6, 6.07) is 0. The lowest BCUT2D eigenvalue weighted by Crippen LogP contribution is -2.36. The normalized spacial score (nSPS) is 30.3. The van der Waals surface area contributed by atoms with E-state index in [-0.39, 0.29) is 23.7 Å². The molecule has 0 radical (unpaired) electrons. The highest BCUT2D eigenvalue weighted by atomic mass is 16.2. The van der Waals surface area contributed by atoms with Crippen LogP contribution in [0.3, 0.4) is 0 Å². The molecule has 2 aliphatic rings. The van der Waals surface area contributed by atoms with E-state index in [0.29, 0.717) is 11.8 Å². The lowest BCUT2D eigenvalue weighted by molar-refractivity contribution is -0.126. The summed E-state index contributed by atoms with van der Waals surface area (Å²) in [6.45, 7) is 4.45. The van der Waals surface area contributed by atoms with Gasteiger partial charge in [-0.2, -0.15) is 0 Å². The van der Waals surface area contributed by atoms with Gasteiger partial charge >= 0.3 is 0 Å². The van der Waals surface area contributed by atoms with Crippen molar-refractivity contribution in [1.82, 2.24) is 5.32 Å². The van der Waals surface area contributed by atoms with Gasteiger partial charge in [0.15, 0.2) is 0 Å². The van der Waals surface area contributed by atoms with E-state index >= 15 is 0 Å². The Morgan fingerprint density at radius 1 is 0.739 bits per heavy atom. The number of imide groups is 1. The van der Waals surface area contributed by atoms with Gasteiger partial charge in [0.1, 0.15) is 0 Å². The monoisotopic (exact) mass is 321 g/mol. The van der Waals surface area contributed by atoms with Crippen molar-refractivity contribution in [2.75, 3.05) is 0 Å². The molecule has 2 rings (SSSR count). The van der Waals surface area contributed by atoms with E-state index < -0.39 is 0 Å². The zero-order chi connectivity index (χ0) is 16.7. The van der Waals surface area contributed by atoms with Gasteiger partial charge in [0.05, 0.1) is 11.8 Å². The number of amides is 2. The van der Waals surface area contributed by atoms with Crippen molar-refractivity contribution >= 4 is 11.8 Å². The molecule has 4 unspecified atom stereocenters. The van der Waals surface area contributed by atoms with Gasteiger partial charge in [-0.15, -0.1) is 0 Å². The number of fused-ring (bicyclic) bond motifs is 1. The van der Waals surface area contributed by atoms with Crippen molar-refractivity contribution in [3.8, 4) is 0 Å². The molecule has 2 fully saturated rings. The van der Waals surface area contributed by atoms with Crippen LogP contribution in [0.1, 0.15) is 90.9 Å². The Balaban J connectivity index is 1.90. The van der Waals surface area contributed by atoms with Gasteiger partial charge in [-0.3, -0.25) is 14.9 Å². The summed E-state index contributed by atoms with van der Waals surface area (Å²) in [6.07, 6.45) is 14.6. The average molecular weight is 322 g/mol. The van der Waals surface area contributed by atoms with Crippen LogP contribution in [-0.2, 0) is 9.59 Å². The molecule has 2 amide bonds. The van der Waals surface area contributed by atoms with E-state index in [9.17, 15) is 9.59 Å². The molecule has 1 saturated carbocycles. The zero-order valence-electron chi connectivity index (χ0n) is 15.1. The van der Waals surface area contributed by atoms with Gasteiger partial charge in [0.25, 0.3) is 0 Å². The van der Waals surface area contributed by atoms with Crippen molar-refractivity contribution in [1.29, 1.82) is 0 Å². The lowest BCUT2D eigenvalue weighted by atomic mass is 9.65. The summed E-state index contributed by atoms with van der Waals surface area (Å²) in [4.78, 5) is 24.6. The number of carbonyl (C=O) groups is 2. The number of unbranched alkanes of at least 4 members (excludes halogenated alkanes) is 6. The summed E-state index contributed by atoms with van der Waals surface area (Å²) in [5.74, 6) is 0.894. The smallest absolute Gasteiger partial charge is 0.230 e. The predicted molar refractivity (Wildman–Crippen MR) is 93.9 cm³/mol. The molecular weight excluding hydrogens is 286 g/mol. The Hall–Kier alpha value is -0.860. The van der Waals surface area contributed by atoms with Gasteiger partial charge in [0.2, 0.25) is 11.8 Å². The van der Waals surface area contributed by atoms with Crippen LogP contribution in [0.2, 0.25) is 0 Å². The number of hydrogen-bond donors (Lipinski definition) is 1. The minimum Gasteiger partial charge on any atom is -0.296 e. The Morgan fingerprint density at radius 3 is 1.57 bits per heavy atom. The third-order valence-electron chi connectivity index (χ3n) is 6.02. The van der Waals surface area contributed by atoms with Crippen LogP contribution in [-0.4, -0.2) is 11.8 Å². The standard InChI is InChI=1S/C20H35NO2/c1-3-5-7-9-11-15-13-14-16(12-10-8-6-4-2)18-17(15)19(22)21-20(18)23/h15-18H,3-14H2,1-2H3,(H,21,22,23). The van der Waals surface area contributed by atoms with Gasteiger partial charge in [-0.1, -0.05) is 65.2 Å². The van der Waals surface area contributed by atoms with Gasteiger partial charge in [-0.05, 0) is 37.5 Å². The first-order valence-corrected chi connectivity index (χ1v) is 10.0. The molecule has 0 spiro atoms. The molecular formula is C20H35NO2. The van der Waals surface area contributed by atoms with Crippen molar-refractivity contribution in [3.05, 3.63) is 0 Å². The third-order valence-corrected chi connectivity index (χ3v) is 6.02. The molecule has 1 aliphatic heterocycles. The molecule has 1 saturated heterocycles. The molecule has 1 N–H and O–H groups in total. The van der Waals surface area contributed by atoms with Crippen LogP contribution >= 0.6 is 0 Å². The Kier molecular flexibility index (Phi) is 7.58. The van der Waals surface area contributed by atoms with E-state index in [1.807, 2.05) is 0 Å². The average Bonchev–Trinajstić information content (AvgIpc) is 2.85. The highest BCUT2D eigenvalue weighted by Gasteiger charge is 2.51. The second-order valence-corrected chi connectivity index (χ2v) is 7.70. The maximum absolute atomic E-state index is 12.3. The van der Waals surface area contributed by atoms with Gasteiger partial charge in [-0.25, -0.2) is 0 Å². The number of nitrogens with one attached hydrogen (secondary N) is 1. The fourth-order valence-electron chi connectivity index (χ4n) is 4.73. The summed E-state index contributed by atoms with van der Waals surface area (Å²) in [5.41, 5.74) is 0. The fourth-order valence-corrected chi connectivity index (χ4v) is 4.73. The number of hydrogen-bond acceptors (Lipinski definition) is 2. The first-order chi connectivity index (χ1) is 11.2. The van der Waals surface area contributed by atoms with Crippen LogP contribution in [0.4, 0.5) is 0 Å². The molecule has 1 aliphatic carbocycles. The van der Waals surface area contributed by atoms with E-state index in [0.717, 1.165) is 25.7 Å². The quantitative estimate of drug-likeness (QED) is 0.462. The van der Waals surface area contributed by atoms with Crippen molar-refractivity contribution in [2.45, 2.75) is 90.9 Å². The molecule has 3 nitrogen and oxygen atoms in total. The maximum atomic E-state index is 12.3. The fraction of sp³-hybridized carbons (Fsp3) is 0.900. The predicted octanol–water partition coefficient (Wildman–Crippen LogP) is 4.84. The first kappa shape index (κ1) is 18.5. The largest absolute Gasteiger partial charge is 0.296 e. The molecule has 23 heavy (non-hydrogen) atoms. The summed E-state index contributed by atoms with van der Waals surface area (Å²) in [7, 11) is 0. The molecule has 3 heteroatoms. The number of carbonyl (C=O) groups excluding carboxylic acids is 2. The van der Waals surface area contributed by atoms with Crippen molar-refractivity contribution in [3.63, 3.8) is 0 Å². The molecule has 4 atom stereocenters. The van der Waals surface area contributed by atoms with E-state index in [1.54, 1.807) is 0 Å². The first-order valence-electron chi connectivity index (χ1n) is 10.0. The van der Waals surface area contributed by atoms with Crippen LogP contribution in [0.5, 0.6) is 0 Å². The van der Waals surface area contributed by atoms with Gasteiger partial charge in [0, 0.05) is 0 Å². The van der Waals surface area contributed by atoms with Crippen molar-refractivity contribution in [2.24, 2.45) is 23.7 Å². The minimum atomic E-state index is -0.0194. The maximum Gasteiger partial charge on any atom is 0.230 e.